The van der Waals surface area contributed by atoms with Crippen molar-refractivity contribution in [1.29, 1.82) is 0 Å². The van der Waals surface area contributed by atoms with Crippen LogP contribution in [0.1, 0.15) is 12.2 Å². The maximum atomic E-state index is 11.3. The van der Waals surface area contributed by atoms with Crippen LogP contribution in [0.4, 0.5) is 5.82 Å². The highest BCUT2D eigenvalue weighted by molar-refractivity contribution is 5.38. The molecule has 1 aliphatic heterocycles. The molecule has 0 amide bonds. The minimum Gasteiger partial charge on any atom is -0.356 e. The number of nitrogens with one attached hydrogen (secondary N) is 2. The number of aryl methyl sites for hydroxylation is 1. The van der Waals surface area contributed by atoms with Crippen molar-refractivity contribution in [3.8, 4) is 0 Å². The molecule has 1 aromatic heterocycles. The highest BCUT2D eigenvalue weighted by Gasteiger charge is 2.23. The first-order chi connectivity index (χ1) is 7.69. The first kappa shape index (κ1) is 11.1. The minimum absolute atomic E-state index is 0.0698. The first-order valence-electron chi connectivity index (χ1n) is 5.66. The van der Waals surface area contributed by atoms with Crippen LogP contribution in [-0.2, 0) is 0 Å². The lowest BCUT2D eigenvalue weighted by Crippen LogP contribution is -2.26. The van der Waals surface area contributed by atoms with Crippen LogP contribution in [0.2, 0.25) is 0 Å². The Hall–Kier alpha value is -1.36. The monoisotopic (exact) mass is 222 g/mol. The minimum atomic E-state index is -0.0698. The summed E-state index contributed by atoms with van der Waals surface area (Å²) in [6.45, 7) is 4.81. The lowest BCUT2D eigenvalue weighted by Gasteiger charge is -2.17. The van der Waals surface area contributed by atoms with Gasteiger partial charge in [-0.1, -0.05) is 0 Å². The molecule has 88 valence electrons. The maximum Gasteiger partial charge on any atom is 0.252 e. The van der Waals surface area contributed by atoms with Crippen LogP contribution in [0.15, 0.2) is 10.9 Å². The number of aromatic amines is 1. The molecular weight excluding hydrogens is 204 g/mol. The second kappa shape index (κ2) is 4.65. The van der Waals surface area contributed by atoms with Gasteiger partial charge >= 0.3 is 0 Å². The molecule has 0 bridgehead atoms. The fourth-order valence-electron chi connectivity index (χ4n) is 2.22. The van der Waals surface area contributed by atoms with Crippen molar-refractivity contribution in [1.82, 2.24) is 15.3 Å². The third-order valence-electron chi connectivity index (χ3n) is 2.95. The largest absolute Gasteiger partial charge is 0.356 e. The Bertz CT molecular complexity index is 415. The summed E-state index contributed by atoms with van der Waals surface area (Å²) in [7, 11) is 1.97. The molecule has 0 saturated carbocycles. The van der Waals surface area contributed by atoms with Gasteiger partial charge in [-0.25, -0.2) is 4.98 Å². The molecule has 5 heteroatoms. The van der Waals surface area contributed by atoms with E-state index in [2.05, 4.69) is 20.2 Å². The molecule has 16 heavy (non-hydrogen) atoms. The van der Waals surface area contributed by atoms with Gasteiger partial charge in [0.15, 0.2) is 0 Å². The third kappa shape index (κ3) is 2.41. The Balaban J connectivity index is 2.11. The molecule has 0 spiro atoms. The Kier molecular flexibility index (Phi) is 3.24. The molecular formula is C11H18N4O. The van der Waals surface area contributed by atoms with Crippen molar-refractivity contribution in [2.75, 3.05) is 31.6 Å². The van der Waals surface area contributed by atoms with Gasteiger partial charge < -0.3 is 15.2 Å². The van der Waals surface area contributed by atoms with Crippen molar-refractivity contribution in [2.45, 2.75) is 13.3 Å². The van der Waals surface area contributed by atoms with Gasteiger partial charge in [-0.15, -0.1) is 0 Å². The van der Waals surface area contributed by atoms with Crippen molar-refractivity contribution in [3.05, 3.63) is 22.2 Å². The molecule has 5 nitrogen and oxygen atoms in total. The summed E-state index contributed by atoms with van der Waals surface area (Å²) < 4.78 is 0. The molecule has 1 atom stereocenters. The van der Waals surface area contributed by atoms with E-state index >= 15 is 0 Å². The molecule has 1 unspecified atom stereocenters. The standard InChI is InChI=1S/C11H18N4O/c1-8-13-10(5-11(16)14-8)15-4-3-9(7-15)6-12-2/h5,9,12H,3-4,6-7H2,1-2H3,(H,13,14,16). The Labute approximate surface area is 94.9 Å². The van der Waals surface area contributed by atoms with Gasteiger partial charge in [-0.3, -0.25) is 4.79 Å². The Morgan fingerprint density at radius 1 is 1.69 bits per heavy atom. The van der Waals surface area contributed by atoms with Crippen LogP contribution < -0.4 is 15.8 Å². The van der Waals surface area contributed by atoms with Crippen LogP contribution in [0.5, 0.6) is 0 Å². The molecule has 2 rings (SSSR count). The number of H-pyrrole nitrogens is 1. The van der Waals surface area contributed by atoms with Crippen LogP contribution in [0, 0.1) is 12.8 Å². The molecule has 1 aromatic rings. The van der Waals surface area contributed by atoms with Gasteiger partial charge in [-0.05, 0) is 32.9 Å². The van der Waals surface area contributed by atoms with Crippen LogP contribution >= 0.6 is 0 Å². The van der Waals surface area contributed by atoms with E-state index < -0.39 is 0 Å². The van der Waals surface area contributed by atoms with E-state index in [1.165, 1.54) is 0 Å². The van der Waals surface area contributed by atoms with Crippen LogP contribution in [-0.4, -0.2) is 36.6 Å². The number of aromatic nitrogens is 2. The van der Waals surface area contributed by atoms with Crippen molar-refractivity contribution >= 4 is 5.82 Å². The van der Waals surface area contributed by atoms with Crippen LogP contribution in [0.25, 0.3) is 0 Å². The summed E-state index contributed by atoms with van der Waals surface area (Å²) >= 11 is 0. The molecule has 1 saturated heterocycles. The second-order valence-electron chi connectivity index (χ2n) is 4.35. The van der Waals surface area contributed by atoms with Crippen LogP contribution in [0.3, 0.4) is 0 Å². The smallest absolute Gasteiger partial charge is 0.252 e. The maximum absolute atomic E-state index is 11.3. The van der Waals surface area contributed by atoms with E-state index in [9.17, 15) is 4.79 Å². The summed E-state index contributed by atoms with van der Waals surface area (Å²) in [6.07, 6.45) is 1.16. The normalized spacial score (nSPS) is 20.4. The summed E-state index contributed by atoms with van der Waals surface area (Å²) in [4.78, 5) is 20.6. The predicted molar refractivity (Wildman–Crippen MR) is 63.8 cm³/mol. The number of hydrogen-bond donors (Lipinski definition) is 2. The number of rotatable bonds is 3. The first-order valence-corrected chi connectivity index (χ1v) is 5.66. The van der Waals surface area contributed by atoms with Gasteiger partial charge in [-0.2, -0.15) is 0 Å². The Morgan fingerprint density at radius 2 is 2.50 bits per heavy atom. The van der Waals surface area contributed by atoms with Gasteiger partial charge in [0.25, 0.3) is 5.56 Å². The molecule has 1 fully saturated rings. The SMILES string of the molecule is CNCC1CCN(c2cc(=O)[nH]c(C)n2)C1. The molecule has 2 N–H and O–H groups in total. The predicted octanol–water partition coefficient (Wildman–Crippen LogP) is 0.124. The van der Waals surface area contributed by atoms with Crippen molar-refractivity contribution in [2.24, 2.45) is 5.92 Å². The van der Waals surface area contributed by atoms with Gasteiger partial charge in [0.05, 0.1) is 0 Å². The second-order valence-corrected chi connectivity index (χ2v) is 4.35. The van der Waals surface area contributed by atoms with E-state index in [1.54, 1.807) is 6.07 Å². The zero-order valence-corrected chi connectivity index (χ0v) is 9.79. The Morgan fingerprint density at radius 3 is 3.19 bits per heavy atom. The average Bonchev–Trinajstić information content (AvgIpc) is 2.65. The molecule has 0 radical (unpaired) electrons. The van der Waals surface area contributed by atoms with E-state index in [-0.39, 0.29) is 5.56 Å². The molecule has 0 aliphatic carbocycles. The quantitative estimate of drug-likeness (QED) is 0.763. The number of anilines is 1. The topological polar surface area (TPSA) is 61.0 Å². The fraction of sp³-hybridized carbons (Fsp3) is 0.636. The summed E-state index contributed by atoms with van der Waals surface area (Å²) in [5, 5.41) is 3.19. The van der Waals surface area contributed by atoms with Crippen molar-refractivity contribution in [3.63, 3.8) is 0 Å². The molecule has 1 aliphatic rings. The van der Waals surface area contributed by atoms with Gasteiger partial charge in [0, 0.05) is 19.2 Å². The molecule has 0 aromatic carbocycles. The van der Waals surface area contributed by atoms with E-state index in [0.717, 1.165) is 31.9 Å². The van der Waals surface area contributed by atoms with Crippen molar-refractivity contribution < 1.29 is 0 Å². The molecule has 2 heterocycles. The third-order valence-corrected chi connectivity index (χ3v) is 2.95. The lowest BCUT2D eigenvalue weighted by atomic mass is 10.1. The highest BCUT2D eigenvalue weighted by Crippen LogP contribution is 2.20. The van der Waals surface area contributed by atoms with Gasteiger partial charge in [0.2, 0.25) is 0 Å². The van der Waals surface area contributed by atoms with E-state index in [0.29, 0.717) is 11.7 Å². The summed E-state index contributed by atoms with van der Waals surface area (Å²) in [6, 6.07) is 1.58. The zero-order chi connectivity index (χ0) is 11.5. The van der Waals surface area contributed by atoms with E-state index in [4.69, 9.17) is 0 Å². The number of hydrogen-bond acceptors (Lipinski definition) is 4. The lowest BCUT2D eigenvalue weighted by molar-refractivity contribution is 0.549. The van der Waals surface area contributed by atoms with E-state index in [1.807, 2.05) is 14.0 Å². The highest BCUT2D eigenvalue weighted by atomic mass is 16.1. The fourth-order valence-corrected chi connectivity index (χ4v) is 2.22. The summed E-state index contributed by atoms with van der Waals surface area (Å²) in [5.74, 6) is 2.14. The van der Waals surface area contributed by atoms with Gasteiger partial charge in [0.1, 0.15) is 11.6 Å². The number of nitrogens with zero attached hydrogens (tertiary/aromatic N) is 2. The average molecular weight is 222 g/mol. The summed E-state index contributed by atoms with van der Waals surface area (Å²) in [5.41, 5.74) is -0.0698. The zero-order valence-electron chi connectivity index (χ0n) is 9.79.